The van der Waals surface area contributed by atoms with Crippen LogP contribution in [0.1, 0.15) is 30.3 Å². The number of hydrogen-bond acceptors (Lipinski definition) is 3. The highest BCUT2D eigenvalue weighted by Gasteiger charge is 2.22. The number of carbonyl (C=O) groups excluding carboxylic acids is 1. The maximum atomic E-state index is 12.4. The second-order valence-electron chi connectivity index (χ2n) is 5.44. The number of halogens is 1. The summed E-state index contributed by atoms with van der Waals surface area (Å²) in [7, 11) is 0. The van der Waals surface area contributed by atoms with E-state index in [0.29, 0.717) is 5.69 Å². The van der Waals surface area contributed by atoms with Crippen LogP contribution in [0, 0.1) is 0 Å². The summed E-state index contributed by atoms with van der Waals surface area (Å²) >= 11 is 3.43. The molecule has 0 saturated carbocycles. The van der Waals surface area contributed by atoms with Crippen molar-refractivity contribution >= 4 is 32.7 Å². The number of aromatic nitrogens is 2. The monoisotopic (exact) mass is 350 g/mol. The molecular weight excluding hydrogens is 332 g/mol. The molecule has 1 aliphatic rings. The molecule has 2 N–H and O–H groups in total. The molecule has 0 atom stereocenters. The van der Waals surface area contributed by atoms with E-state index in [0.717, 1.165) is 47.9 Å². The molecule has 2 heterocycles. The van der Waals surface area contributed by atoms with Gasteiger partial charge in [0.1, 0.15) is 0 Å². The van der Waals surface area contributed by atoms with Crippen molar-refractivity contribution in [1.29, 1.82) is 0 Å². The van der Waals surface area contributed by atoms with Gasteiger partial charge in [0.2, 0.25) is 0 Å². The van der Waals surface area contributed by atoms with Gasteiger partial charge >= 0.3 is 0 Å². The summed E-state index contributed by atoms with van der Waals surface area (Å²) < 4.78 is 0.946. The SMILES string of the molecule is CCN1CCC(NC(=O)c2n[nH]c3ccc(Br)cc23)CC1. The van der Waals surface area contributed by atoms with Crippen molar-refractivity contribution in [1.82, 2.24) is 20.4 Å². The minimum Gasteiger partial charge on any atom is -0.348 e. The molecule has 0 radical (unpaired) electrons. The summed E-state index contributed by atoms with van der Waals surface area (Å²) in [6, 6.07) is 6.03. The van der Waals surface area contributed by atoms with Gasteiger partial charge in [-0.05, 0) is 37.6 Å². The van der Waals surface area contributed by atoms with Crippen LogP contribution in [0.15, 0.2) is 22.7 Å². The Labute approximate surface area is 132 Å². The molecule has 6 heteroatoms. The predicted molar refractivity (Wildman–Crippen MR) is 86.4 cm³/mol. The average molecular weight is 351 g/mol. The Morgan fingerprint density at radius 2 is 2.24 bits per heavy atom. The molecule has 2 aromatic rings. The lowest BCUT2D eigenvalue weighted by atomic mass is 10.0. The third kappa shape index (κ3) is 3.11. The minimum atomic E-state index is -0.0886. The van der Waals surface area contributed by atoms with Crippen molar-refractivity contribution < 1.29 is 4.79 Å². The molecule has 0 aliphatic carbocycles. The highest BCUT2D eigenvalue weighted by Crippen LogP contribution is 2.21. The average Bonchev–Trinajstić information content (AvgIpc) is 2.91. The lowest BCUT2D eigenvalue weighted by Gasteiger charge is -2.31. The number of amides is 1. The summed E-state index contributed by atoms with van der Waals surface area (Å²) in [6.07, 6.45) is 2.01. The molecule has 21 heavy (non-hydrogen) atoms. The molecule has 1 aromatic heterocycles. The van der Waals surface area contributed by atoms with Crippen LogP contribution in [0.3, 0.4) is 0 Å². The molecule has 1 amide bonds. The number of carbonyl (C=O) groups is 1. The van der Waals surface area contributed by atoms with E-state index in [9.17, 15) is 4.79 Å². The van der Waals surface area contributed by atoms with E-state index >= 15 is 0 Å². The van der Waals surface area contributed by atoms with Crippen molar-refractivity contribution in [3.05, 3.63) is 28.4 Å². The van der Waals surface area contributed by atoms with E-state index in [4.69, 9.17) is 0 Å². The number of piperidine rings is 1. The lowest BCUT2D eigenvalue weighted by Crippen LogP contribution is -2.44. The van der Waals surface area contributed by atoms with Gasteiger partial charge in [0.25, 0.3) is 5.91 Å². The maximum absolute atomic E-state index is 12.4. The Kier molecular flexibility index (Phi) is 4.26. The molecular formula is C15H19BrN4O. The van der Waals surface area contributed by atoms with Gasteiger partial charge in [0.05, 0.1) is 5.52 Å². The smallest absolute Gasteiger partial charge is 0.272 e. The first-order valence-corrected chi connectivity index (χ1v) is 8.13. The number of aromatic amines is 1. The van der Waals surface area contributed by atoms with E-state index < -0.39 is 0 Å². The summed E-state index contributed by atoms with van der Waals surface area (Å²) in [4.78, 5) is 14.8. The first-order chi connectivity index (χ1) is 10.2. The van der Waals surface area contributed by atoms with Crippen molar-refractivity contribution in [2.45, 2.75) is 25.8 Å². The molecule has 5 nitrogen and oxygen atoms in total. The van der Waals surface area contributed by atoms with Crippen LogP contribution in [0.5, 0.6) is 0 Å². The third-order valence-electron chi connectivity index (χ3n) is 4.11. The first-order valence-electron chi connectivity index (χ1n) is 7.34. The zero-order valence-corrected chi connectivity index (χ0v) is 13.6. The van der Waals surface area contributed by atoms with Crippen LogP contribution in [0.2, 0.25) is 0 Å². The summed E-state index contributed by atoms with van der Waals surface area (Å²) in [5, 5.41) is 11.0. The standard InChI is InChI=1S/C15H19BrN4O/c1-2-20-7-5-11(6-8-20)17-15(21)14-12-9-10(16)3-4-13(12)18-19-14/h3-4,9,11H,2,5-8H2,1H3,(H,17,21)(H,18,19). The minimum absolute atomic E-state index is 0.0886. The Hall–Kier alpha value is -1.40. The fraction of sp³-hybridized carbons (Fsp3) is 0.467. The summed E-state index contributed by atoms with van der Waals surface area (Å²) in [6.45, 7) is 5.36. The second kappa shape index (κ2) is 6.15. The zero-order valence-electron chi connectivity index (χ0n) is 12.0. The third-order valence-corrected chi connectivity index (χ3v) is 4.60. The van der Waals surface area contributed by atoms with Gasteiger partial charge in [-0.15, -0.1) is 0 Å². The van der Waals surface area contributed by atoms with E-state index in [1.807, 2.05) is 18.2 Å². The highest BCUT2D eigenvalue weighted by atomic mass is 79.9. The summed E-state index contributed by atoms with van der Waals surface area (Å²) in [5.41, 5.74) is 1.35. The number of benzene rings is 1. The van der Waals surface area contributed by atoms with Gasteiger partial charge in [-0.1, -0.05) is 22.9 Å². The van der Waals surface area contributed by atoms with Crippen LogP contribution in [-0.4, -0.2) is 46.7 Å². The number of rotatable bonds is 3. The molecule has 1 aromatic carbocycles. The predicted octanol–water partition coefficient (Wildman–Crippen LogP) is 2.54. The van der Waals surface area contributed by atoms with Gasteiger partial charge in [-0.3, -0.25) is 9.89 Å². The molecule has 1 aliphatic heterocycles. The number of fused-ring (bicyclic) bond motifs is 1. The van der Waals surface area contributed by atoms with Crippen molar-refractivity contribution in [2.75, 3.05) is 19.6 Å². The molecule has 1 saturated heterocycles. The molecule has 0 spiro atoms. The Morgan fingerprint density at radius 3 is 2.95 bits per heavy atom. The van der Waals surface area contributed by atoms with Gasteiger partial charge < -0.3 is 10.2 Å². The Balaban J connectivity index is 1.71. The van der Waals surface area contributed by atoms with E-state index in [-0.39, 0.29) is 11.9 Å². The number of H-pyrrole nitrogens is 1. The van der Waals surface area contributed by atoms with Gasteiger partial charge in [-0.2, -0.15) is 5.10 Å². The molecule has 0 bridgehead atoms. The van der Waals surface area contributed by atoms with Crippen molar-refractivity contribution in [3.8, 4) is 0 Å². The molecule has 3 rings (SSSR count). The van der Waals surface area contributed by atoms with Gasteiger partial charge in [-0.25, -0.2) is 0 Å². The fourth-order valence-corrected chi connectivity index (χ4v) is 3.17. The topological polar surface area (TPSA) is 61.0 Å². The van der Waals surface area contributed by atoms with Gasteiger partial charge in [0, 0.05) is 29.0 Å². The van der Waals surface area contributed by atoms with Crippen molar-refractivity contribution in [3.63, 3.8) is 0 Å². The Morgan fingerprint density at radius 1 is 1.48 bits per heavy atom. The molecule has 112 valence electrons. The fourth-order valence-electron chi connectivity index (χ4n) is 2.81. The number of hydrogen-bond donors (Lipinski definition) is 2. The second-order valence-corrected chi connectivity index (χ2v) is 6.36. The zero-order chi connectivity index (χ0) is 14.8. The summed E-state index contributed by atoms with van der Waals surface area (Å²) in [5.74, 6) is -0.0886. The quantitative estimate of drug-likeness (QED) is 0.894. The molecule has 1 fully saturated rings. The van der Waals surface area contributed by atoms with Crippen LogP contribution < -0.4 is 5.32 Å². The molecule has 0 unspecified atom stereocenters. The van der Waals surface area contributed by atoms with E-state index in [2.05, 4.69) is 43.3 Å². The van der Waals surface area contributed by atoms with Crippen molar-refractivity contribution in [2.24, 2.45) is 0 Å². The highest BCUT2D eigenvalue weighted by molar-refractivity contribution is 9.10. The normalized spacial score (nSPS) is 17.2. The maximum Gasteiger partial charge on any atom is 0.272 e. The number of nitrogens with zero attached hydrogens (tertiary/aromatic N) is 2. The largest absolute Gasteiger partial charge is 0.348 e. The van der Waals surface area contributed by atoms with Gasteiger partial charge in [0.15, 0.2) is 5.69 Å². The van der Waals surface area contributed by atoms with Crippen LogP contribution >= 0.6 is 15.9 Å². The van der Waals surface area contributed by atoms with E-state index in [1.54, 1.807) is 0 Å². The first kappa shape index (κ1) is 14.5. The Bertz CT molecular complexity index is 646. The van der Waals surface area contributed by atoms with Crippen LogP contribution in [0.4, 0.5) is 0 Å². The number of nitrogens with one attached hydrogen (secondary N) is 2. The van der Waals surface area contributed by atoms with E-state index in [1.165, 1.54) is 0 Å². The van der Waals surface area contributed by atoms with Crippen LogP contribution in [0.25, 0.3) is 10.9 Å². The number of likely N-dealkylation sites (tertiary alicyclic amines) is 1. The lowest BCUT2D eigenvalue weighted by molar-refractivity contribution is 0.0909. The van der Waals surface area contributed by atoms with Crippen LogP contribution in [-0.2, 0) is 0 Å².